The average Bonchev–Trinajstić information content (AvgIpc) is 3.08. The number of methoxy groups -OCH3 is 1. The van der Waals surface area contributed by atoms with E-state index in [-0.39, 0.29) is 5.97 Å². The topological polar surface area (TPSA) is 44.1 Å². The van der Waals surface area contributed by atoms with Crippen molar-refractivity contribution in [2.45, 2.75) is 0 Å². The summed E-state index contributed by atoms with van der Waals surface area (Å²) in [6.45, 7) is 0. The van der Waals surface area contributed by atoms with E-state index in [1.54, 1.807) is 16.9 Å². The molecule has 0 aliphatic rings. The van der Waals surface area contributed by atoms with E-state index in [4.69, 9.17) is 4.74 Å². The number of ether oxygens (including phenoxy) is 1. The van der Waals surface area contributed by atoms with Gasteiger partial charge < -0.3 is 4.74 Å². The maximum absolute atomic E-state index is 11.7. The van der Waals surface area contributed by atoms with Crippen molar-refractivity contribution in [3.63, 3.8) is 0 Å². The summed E-state index contributed by atoms with van der Waals surface area (Å²) in [5.74, 6) is -0.339. The van der Waals surface area contributed by atoms with Gasteiger partial charge in [0.25, 0.3) is 0 Å². The summed E-state index contributed by atoms with van der Waals surface area (Å²) in [5.41, 5.74) is 3.45. The second-order valence-electron chi connectivity index (χ2n) is 4.54. The Morgan fingerprint density at radius 3 is 2.71 bits per heavy atom. The summed E-state index contributed by atoms with van der Waals surface area (Å²) in [6.07, 6.45) is 3.63. The Bertz CT molecular complexity index is 764. The molecule has 0 aliphatic carbocycles. The first-order valence-electron chi connectivity index (χ1n) is 6.57. The number of hydrogen-bond acceptors (Lipinski definition) is 3. The highest BCUT2D eigenvalue weighted by molar-refractivity contribution is 5.91. The smallest absolute Gasteiger partial charge is 0.337 e. The lowest BCUT2D eigenvalue weighted by Gasteiger charge is -2.10. The molecule has 104 valence electrons. The molecule has 3 rings (SSSR count). The van der Waals surface area contributed by atoms with Crippen LogP contribution >= 0.6 is 0 Å². The highest BCUT2D eigenvalue weighted by atomic mass is 16.5. The number of rotatable bonds is 3. The van der Waals surface area contributed by atoms with Gasteiger partial charge in [-0.25, -0.2) is 9.48 Å². The van der Waals surface area contributed by atoms with Gasteiger partial charge >= 0.3 is 5.97 Å². The summed E-state index contributed by atoms with van der Waals surface area (Å²) < 4.78 is 6.58. The first-order valence-corrected chi connectivity index (χ1v) is 6.57. The number of benzene rings is 2. The number of carbonyl (C=O) groups excluding carboxylic acids is 1. The fraction of sp³-hybridized carbons (Fsp3) is 0.0588. The van der Waals surface area contributed by atoms with Gasteiger partial charge in [-0.05, 0) is 29.8 Å². The molecule has 21 heavy (non-hydrogen) atoms. The number of nitrogens with zero attached hydrogens (tertiary/aromatic N) is 2. The molecule has 0 saturated heterocycles. The van der Waals surface area contributed by atoms with Gasteiger partial charge in [-0.3, -0.25) is 0 Å². The summed E-state index contributed by atoms with van der Waals surface area (Å²) in [7, 11) is 1.38. The summed E-state index contributed by atoms with van der Waals surface area (Å²) in [5, 5.41) is 4.27. The Hall–Kier alpha value is -2.88. The van der Waals surface area contributed by atoms with Gasteiger partial charge in [-0.15, -0.1) is 0 Å². The van der Waals surface area contributed by atoms with Crippen molar-refractivity contribution in [2.24, 2.45) is 0 Å². The third-order valence-corrected chi connectivity index (χ3v) is 3.25. The van der Waals surface area contributed by atoms with Crippen LogP contribution in [-0.4, -0.2) is 22.9 Å². The van der Waals surface area contributed by atoms with Crippen LogP contribution in [0.5, 0.6) is 0 Å². The van der Waals surface area contributed by atoms with E-state index in [1.165, 1.54) is 7.11 Å². The van der Waals surface area contributed by atoms with E-state index in [1.807, 2.05) is 54.7 Å². The molecule has 0 bridgehead atoms. The van der Waals surface area contributed by atoms with Crippen molar-refractivity contribution in [3.05, 3.63) is 72.6 Å². The lowest BCUT2D eigenvalue weighted by Crippen LogP contribution is -2.02. The fourth-order valence-corrected chi connectivity index (χ4v) is 2.26. The van der Waals surface area contributed by atoms with Gasteiger partial charge in [0.2, 0.25) is 0 Å². The predicted octanol–water partition coefficient (Wildman–Crippen LogP) is 3.33. The molecule has 0 radical (unpaired) electrons. The van der Waals surface area contributed by atoms with Crippen LogP contribution in [0.3, 0.4) is 0 Å². The van der Waals surface area contributed by atoms with E-state index in [2.05, 4.69) is 5.10 Å². The molecule has 0 saturated carbocycles. The Balaban J connectivity index is 2.11. The van der Waals surface area contributed by atoms with Gasteiger partial charge in [-0.1, -0.05) is 30.3 Å². The molecule has 0 atom stereocenters. The molecule has 0 N–H and O–H groups in total. The summed E-state index contributed by atoms with van der Waals surface area (Å²) in [4.78, 5) is 11.7. The van der Waals surface area contributed by atoms with Gasteiger partial charge in [0.15, 0.2) is 0 Å². The molecule has 2 aromatic carbocycles. The third kappa shape index (κ3) is 2.56. The van der Waals surface area contributed by atoms with Gasteiger partial charge in [0.1, 0.15) is 0 Å². The normalized spacial score (nSPS) is 10.3. The highest BCUT2D eigenvalue weighted by Gasteiger charge is 2.10. The molecule has 0 fully saturated rings. The van der Waals surface area contributed by atoms with Crippen molar-refractivity contribution >= 4 is 5.97 Å². The van der Waals surface area contributed by atoms with E-state index in [0.29, 0.717) is 5.56 Å². The molecule has 0 spiro atoms. The van der Waals surface area contributed by atoms with E-state index < -0.39 is 0 Å². The largest absolute Gasteiger partial charge is 0.465 e. The molecule has 4 heteroatoms. The second-order valence-corrected chi connectivity index (χ2v) is 4.54. The summed E-state index contributed by atoms with van der Waals surface area (Å²) >= 11 is 0. The molecular formula is C17H14N2O2. The first-order chi connectivity index (χ1) is 10.3. The summed E-state index contributed by atoms with van der Waals surface area (Å²) in [6, 6.07) is 17.2. The molecule has 0 amide bonds. The number of carbonyl (C=O) groups is 1. The van der Waals surface area contributed by atoms with Gasteiger partial charge in [0, 0.05) is 18.0 Å². The number of para-hydroxylation sites is 1. The Morgan fingerprint density at radius 1 is 1.10 bits per heavy atom. The van der Waals surface area contributed by atoms with Crippen molar-refractivity contribution in [3.8, 4) is 16.8 Å². The van der Waals surface area contributed by atoms with Gasteiger partial charge in [0.05, 0.1) is 18.4 Å². The lowest BCUT2D eigenvalue weighted by molar-refractivity contribution is 0.0601. The standard InChI is InChI=1S/C17H14N2O2/c1-21-17(20)14-7-4-6-13(12-14)15-8-2-3-9-16(15)19-11-5-10-18-19/h2-12H,1H3. The van der Waals surface area contributed by atoms with Crippen LogP contribution in [0.2, 0.25) is 0 Å². The Labute approximate surface area is 122 Å². The maximum Gasteiger partial charge on any atom is 0.337 e. The monoisotopic (exact) mass is 278 g/mol. The molecule has 1 aromatic heterocycles. The van der Waals surface area contributed by atoms with E-state index in [9.17, 15) is 4.79 Å². The minimum atomic E-state index is -0.339. The SMILES string of the molecule is COC(=O)c1cccc(-c2ccccc2-n2cccn2)c1. The van der Waals surface area contributed by atoms with Crippen molar-refractivity contribution < 1.29 is 9.53 Å². The Morgan fingerprint density at radius 2 is 1.95 bits per heavy atom. The molecule has 1 heterocycles. The second kappa shape index (κ2) is 5.63. The van der Waals surface area contributed by atoms with Crippen LogP contribution in [0.1, 0.15) is 10.4 Å². The zero-order chi connectivity index (χ0) is 14.7. The molecule has 3 aromatic rings. The average molecular weight is 278 g/mol. The van der Waals surface area contributed by atoms with Crippen LogP contribution in [0, 0.1) is 0 Å². The van der Waals surface area contributed by atoms with Crippen molar-refractivity contribution in [1.82, 2.24) is 9.78 Å². The fourth-order valence-electron chi connectivity index (χ4n) is 2.26. The molecule has 0 aliphatic heterocycles. The third-order valence-electron chi connectivity index (χ3n) is 3.25. The molecular weight excluding hydrogens is 264 g/mol. The Kier molecular flexibility index (Phi) is 3.51. The van der Waals surface area contributed by atoms with Crippen LogP contribution < -0.4 is 0 Å². The van der Waals surface area contributed by atoms with Crippen LogP contribution in [0.15, 0.2) is 67.0 Å². The zero-order valence-electron chi connectivity index (χ0n) is 11.6. The number of aromatic nitrogens is 2. The van der Waals surface area contributed by atoms with Crippen molar-refractivity contribution in [2.75, 3.05) is 7.11 Å². The lowest BCUT2D eigenvalue weighted by atomic mass is 10.0. The maximum atomic E-state index is 11.7. The molecule has 4 nitrogen and oxygen atoms in total. The van der Waals surface area contributed by atoms with Gasteiger partial charge in [-0.2, -0.15) is 5.10 Å². The minimum absolute atomic E-state index is 0.339. The molecule has 0 unspecified atom stereocenters. The predicted molar refractivity (Wildman–Crippen MR) is 80.3 cm³/mol. The number of hydrogen-bond donors (Lipinski definition) is 0. The zero-order valence-corrected chi connectivity index (χ0v) is 11.6. The minimum Gasteiger partial charge on any atom is -0.465 e. The van der Waals surface area contributed by atoms with Crippen LogP contribution in [0.4, 0.5) is 0 Å². The van der Waals surface area contributed by atoms with Crippen molar-refractivity contribution in [1.29, 1.82) is 0 Å². The van der Waals surface area contributed by atoms with E-state index >= 15 is 0 Å². The number of esters is 1. The van der Waals surface area contributed by atoms with Crippen LogP contribution in [-0.2, 0) is 4.74 Å². The quantitative estimate of drug-likeness (QED) is 0.690. The van der Waals surface area contributed by atoms with E-state index in [0.717, 1.165) is 16.8 Å². The van der Waals surface area contributed by atoms with Crippen LogP contribution in [0.25, 0.3) is 16.8 Å². The highest BCUT2D eigenvalue weighted by Crippen LogP contribution is 2.27. The first kappa shape index (κ1) is 13.1.